The summed E-state index contributed by atoms with van der Waals surface area (Å²) < 4.78 is 1.41. The van der Waals surface area contributed by atoms with E-state index in [0.29, 0.717) is 18.1 Å². The minimum atomic E-state index is -0.122. The largest absolute Gasteiger partial charge is 0.301 e. The monoisotopic (exact) mass is 388 g/mol. The number of piperazine rings is 1. The van der Waals surface area contributed by atoms with Gasteiger partial charge in [-0.05, 0) is 19.5 Å². The number of rotatable bonds is 4. The molecule has 2 aromatic heterocycles. The molecule has 0 spiro atoms. The maximum atomic E-state index is 12.5. The number of aromatic amines is 1. The smallest absolute Gasteiger partial charge is 0.274 e. The molecule has 0 amide bonds. The van der Waals surface area contributed by atoms with E-state index in [1.165, 1.54) is 4.52 Å². The fourth-order valence-corrected chi connectivity index (χ4v) is 3.42. The van der Waals surface area contributed by atoms with Crippen LogP contribution in [0, 0.1) is 6.92 Å². The van der Waals surface area contributed by atoms with E-state index in [4.69, 9.17) is 0 Å². The van der Waals surface area contributed by atoms with Crippen molar-refractivity contribution in [1.82, 2.24) is 29.4 Å². The fraction of sp³-hybridized carbons (Fsp3) is 0.421. The maximum absolute atomic E-state index is 12.5. The van der Waals surface area contributed by atoms with Gasteiger partial charge in [0.05, 0.1) is 5.69 Å². The number of H-pyrrole nitrogens is 1. The van der Waals surface area contributed by atoms with Gasteiger partial charge < -0.3 is 4.90 Å². The lowest BCUT2D eigenvalue weighted by Crippen LogP contribution is -2.45. The van der Waals surface area contributed by atoms with E-state index in [0.717, 1.165) is 49.5 Å². The van der Waals surface area contributed by atoms with Crippen LogP contribution in [-0.2, 0) is 6.54 Å². The number of hydrogen-bond acceptors (Lipinski definition) is 5. The highest BCUT2D eigenvalue weighted by molar-refractivity contribution is 5.85. The Morgan fingerprint density at radius 1 is 1.07 bits per heavy atom. The van der Waals surface area contributed by atoms with E-state index < -0.39 is 0 Å². The third-order valence-corrected chi connectivity index (χ3v) is 4.97. The number of hydrogen-bond donors (Lipinski definition) is 1. The normalized spacial score (nSPS) is 15.8. The van der Waals surface area contributed by atoms with Gasteiger partial charge in [0.15, 0.2) is 5.82 Å². The highest BCUT2D eigenvalue weighted by Gasteiger charge is 2.17. The van der Waals surface area contributed by atoms with Crippen molar-refractivity contribution in [3.63, 3.8) is 0 Å². The SMILES string of the molecule is CCN1CCN(Cc2cc(=O)n3[nH]c(-c4cccc(C)c4)nc3n2)CC1.Cl. The second kappa shape index (κ2) is 8.21. The number of aromatic nitrogens is 4. The van der Waals surface area contributed by atoms with Crippen LogP contribution in [-0.4, -0.2) is 62.1 Å². The Labute approximate surface area is 164 Å². The molecule has 0 aliphatic carbocycles. The number of nitrogens with one attached hydrogen (secondary N) is 1. The van der Waals surface area contributed by atoms with Gasteiger partial charge in [0, 0.05) is 44.4 Å². The maximum Gasteiger partial charge on any atom is 0.274 e. The van der Waals surface area contributed by atoms with Gasteiger partial charge in [0.25, 0.3) is 11.3 Å². The fourth-order valence-electron chi connectivity index (χ4n) is 3.42. The van der Waals surface area contributed by atoms with E-state index in [1.807, 2.05) is 31.2 Å². The third-order valence-electron chi connectivity index (χ3n) is 4.97. The molecule has 0 radical (unpaired) electrons. The van der Waals surface area contributed by atoms with Crippen molar-refractivity contribution in [2.45, 2.75) is 20.4 Å². The van der Waals surface area contributed by atoms with Crippen LogP contribution in [0.15, 0.2) is 35.1 Å². The average molecular weight is 389 g/mol. The second-order valence-corrected chi connectivity index (χ2v) is 6.87. The summed E-state index contributed by atoms with van der Waals surface area (Å²) in [5.41, 5.74) is 2.76. The summed E-state index contributed by atoms with van der Waals surface area (Å²) in [5, 5.41) is 3.06. The van der Waals surface area contributed by atoms with E-state index in [2.05, 4.69) is 31.8 Å². The van der Waals surface area contributed by atoms with Crippen LogP contribution in [0.5, 0.6) is 0 Å². The molecule has 7 nitrogen and oxygen atoms in total. The van der Waals surface area contributed by atoms with E-state index in [-0.39, 0.29) is 18.0 Å². The molecular formula is C19H25ClN6O. The van der Waals surface area contributed by atoms with Crippen LogP contribution >= 0.6 is 12.4 Å². The van der Waals surface area contributed by atoms with Crippen molar-refractivity contribution in [1.29, 1.82) is 0 Å². The molecule has 0 unspecified atom stereocenters. The molecule has 1 aliphatic heterocycles. The molecular weight excluding hydrogens is 364 g/mol. The molecule has 0 saturated carbocycles. The summed E-state index contributed by atoms with van der Waals surface area (Å²) >= 11 is 0. The van der Waals surface area contributed by atoms with Crippen molar-refractivity contribution in [3.8, 4) is 11.4 Å². The van der Waals surface area contributed by atoms with Crippen molar-refractivity contribution in [2.24, 2.45) is 0 Å². The van der Waals surface area contributed by atoms with E-state index >= 15 is 0 Å². The molecule has 1 saturated heterocycles. The molecule has 144 valence electrons. The first kappa shape index (κ1) is 19.5. The first-order valence-corrected chi connectivity index (χ1v) is 9.13. The van der Waals surface area contributed by atoms with Crippen molar-refractivity contribution < 1.29 is 0 Å². The number of likely N-dealkylation sites (N-methyl/N-ethyl adjacent to an activating group) is 1. The second-order valence-electron chi connectivity index (χ2n) is 6.87. The quantitative estimate of drug-likeness (QED) is 0.739. The van der Waals surface area contributed by atoms with Crippen molar-refractivity contribution in [2.75, 3.05) is 32.7 Å². The highest BCUT2D eigenvalue weighted by Crippen LogP contribution is 2.16. The molecule has 4 rings (SSSR count). The van der Waals surface area contributed by atoms with Gasteiger partial charge in [-0.25, -0.2) is 4.98 Å². The number of nitrogens with zero attached hydrogens (tertiary/aromatic N) is 5. The Bertz CT molecular complexity index is 974. The zero-order chi connectivity index (χ0) is 18.1. The first-order valence-electron chi connectivity index (χ1n) is 9.13. The summed E-state index contributed by atoms with van der Waals surface area (Å²) in [4.78, 5) is 26.4. The van der Waals surface area contributed by atoms with Crippen LogP contribution in [0.4, 0.5) is 0 Å². The van der Waals surface area contributed by atoms with Gasteiger partial charge in [0.2, 0.25) is 0 Å². The number of aryl methyl sites for hydroxylation is 1. The van der Waals surface area contributed by atoms with E-state index in [1.54, 1.807) is 6.07 Å². The molecule has 1 aliphatic rings. The Morgan fingerprint density at radius 2 is 1.81 bits per heavy atom. The summed E-state index contributed by atoms with van der Waals surface area (Å²) in [6.07, 6.45) is 0. The average Bonchev–Trinajstić information content (AvgIpc) is 3.07. The summed E-state index contributed by atoms with van der Waals surface area (Å²) in [5.74, 6) is 1.09. The highest BCUT2D eigenvalue weighted by atomic mass is 35.5. The molecule has 3 heterocycles. The lowest BCUT2D eigenvalue weighted by molar-refractivity contribution is 0.131. The molecule has 8 heteroatoms. The van der Waals surface area contributed by atoms with Crippen LogP contribution < -0.4 is 5.56 Å². The Morgan fingerprint density at radius 3 is 2.52 bits per heavy atom. The summed E-state index contributed by atoms with van der Waals surface area (Å²) in [6.45, 7) is 10.1. The summed E-state index contributed by atoms with van der Waals surface area (Å²) in [6, 6.07) is 9.64. The Balaban J connectivity index is 0.00000210. The molecule has 27 heavy (non-hydrogen) atoms. The predicted octanol–water partition coefficient (Wildman–Crippen LogP) is 1.95. The molecule has 1 N–H and O–H groups in total. The zero-order valence-electron chi connectivity index (χ0n) is 15.7. The number of fused-ring (bicyclic) bond motifs is 1. The Kier molecular flexibility index (Phi) is 5.94. The van der Waals surface area contributed by atoms with Crippen LogP contribution in [0.3, 0.4) is 0 Å². The minimum Gasteiger partial charge on any atom is -0.301 e. The molecule has 0 atom stereocenters. The molecule has 3 aromatic rings. The lowest BCUT2D eigenvalue weighted by Gasteiger charge is -2.33. The van der Waals surface area contributed by atoms with Crippen LogP contribution in [0.1, 0.15) is 18.2 Å². The van der Waals surface area contributed by atoms with Crippen LogP contribution in [0.2, 0.25) is 0 Å². The predicted molar refractivity (Wildman–Crippen MR) is 108 cm³/mol. The minimum absolute atomic E-state index is 0. The van der Waals surface area contributed by atoms with Crippen molar-refractivity contribution in [3.05, 3.63) is 51.9 Å². The van der Waals surface area contributed by atoms with Gasteiger partial charge >= 0.3 is 0 Å². The van der Waals surface area contributed by atoms with Crippen molar-refractivity contribution >= 4 is 18.2 Å². The number of halogens is 1. The lowest BCUT2D eigenvalue weighted by atomic mass is 10.1. The number of benzene rings is 1. The standard InChI is InChI=1S/C19H24N6O.ClH/c1-3-23-7-9-24(10-8-23)13-16-12-17(26)25-19(20-16)21-18(22-25)15-6-4-5-14(2)11-15;/h4-6,11-12H,3,7-10,13H2,1-2H3,(H,20,21,22);1H. The van der Waals surface area contributed by atoms with Gasteiger partial charge in [0.1, 0.15) is 0 Å². The third kappa shape index (κ3) is 4.21. The van der Waals surface area contributed by atoms with Gasteiger partial charge in [-0.2, -0.15) is 9.50 Å². The molecule has 1 fully saturated rings. The van der Waals surface area contributed by atoms with Gasteiger partial charge in [-0.3, -0.25) is 14.8 Å². The first-order chi connectivity index (χ1) is 12.6. The molecule has 0 bridgehead atoms. The van der Waals surface area contributed by atoms with Gasteiger partial charge in [-0.15, -0.1) is 12.4 Å². The van der Waals surface area contributed by atoms with Crippen LogP contribution in [0.25, 0.3) is 17.2 Å². The summed E-state index contributed by atoms with van der Waals surface area (Å²) in [7, 11) is 0. The van der Waals surface area contributed by atoms with Gasteiger partial charge in [-0.1, -0.05) is 30.7 Å². The topological polar surface area (TPSA) is 69.5 Å². The van der Waals surface area contributed by atoms with E-state index in [9.17, 15) is 4.79 Å². The Hall–Kier alpha value is -2.22. The zero-order valence-corrected chi connectivity index (χ0v) is 16.5. The molecule has 1 aromatic carbocycles.